The Labute approximate surface area is 197 Å². The maximum Gasteiger partial charge on any atom is 0.136 e. The van der Waals surface area contributed by atoms with Gasteiger partial charge in [0.25, 0.3) is 0 Å². The smallest absolute Gasteiger partial charge is 0.136 e. The summed E-state index contributed by atoms with van der Waals surface area (Å²) in [6, 6.07) is 0. The van der Waals surface area contributed by atoms with Crippen molar-refractivity contribution in [2.24, 2.45) is 56.2 Å². The highest BCUT2D eigenvalue weighted by Crippen LogP contribution is 2.78. The summed E-state index contributed by atoms with van der Waals surface area (Å²) in [5.74, 6) is 2.62. The Morgan fingerprint density at radius 2 is 1.31 bits per heavy atom. The fraction of sp³-hybridized carbons (Fsp3) is 0.933. The standard InChI is InChI=1S/C30H48O2/c1-20-21(32)8-9-22-26(20,4)13-15-29(7)23-10-11-30(19-31)17-12-25(2,3)18-24(30)27(23,5)14-16-28(22,29)6/h19-20,22-24H,8-18H2,1-7H3. The molecule has 2 heteroatoms. The Bertz CT molecular complexity index is 829. The van der Waals surface area contributed by atoms with Crippen LogP contribution in [0.5, 0.6) is 0 Å². The Hall–Kier alpha value is -0.660. The summed E-state index contributed by atoms with van der Waals surface area (Å²) in [6.45, 7) is 17.5. The molecular formula is C30H48O2. The highest BCUT2D eigenvalue weighted by Gasteiger charge is 2.71. The molecule has 2 nitrogen and oxygen atoms in total. The zero-order chi connectivity index (χ0) is 23.4. The zero-order valence-corrected chi connectivity index (χ0v) is 22.0. The number of aldehydes is 1. The van der Waals surface area contributed by atoms with E-state index in [0.717, 1.165) is 25.7 Å². The van der Waals surface area contributed by atoms with Crippen molar-refractivity contribution in [3.63, 3.8) is 0 Å². The fourth-order valence-corrected chi connectivity index (χ4v) is 11.1. The summed E-state index contributed by atoms with van der Waals surface area (Å²) in [5, 5.41) is 0. The highest BCUT2D eigenvalue weighted by molar-refractivity contribution is 5.82. The van der Waals surface area contributed by atoms with Gasteiger partial charge in [0.2, 0.25) is 0 Å². The van der Waals surface area contributed by atoms with Gasteiger partial charge in [-0.05, 0) is 109 Å². The number of fused-ring (bicyclic) bond motifs is 7. The average Bonchev–Trinajstić information content (AvgIpc) is 2.74. The van der Waals surface area contributed by atoms with Gasteiger partial charge in [0.05, 0.1) is 0 Å². The van der Waals surface area contributed by atoms with Crippen LogP contribution in [0.4, 0.5) is 0 Å². The van der Waals surface area contributed by atoms with Gasteiger partial charge < -0.3 is 4.79 Å². The molecular weight excluding hydrogens is 392 g/mol. The molecule has 180 valence electrons. The van der Waals surface area contributed by atoms with Crippen LogP contribution in [0.3, 0.4) is 0 Å². The minimum absolute atomic E-state index is 0.0696. The molecule has 0 radical (unpaired) electrons. The van der Waals surface area contributed by atoms with Gasteiger partial charge in [-0.15, -0.1) is 0 Å². The number of carbonyl (C=O) groups excluding carboxylic acids is 2. The van der Waals surface area contributed by atoms with Gasteiger partial charge in [-0.3, -0.25) is 4.79 Å². The van der Waals surface area contributed by atoms with Crippen LogP contribution in [0.1, 0.15) is 119 Å². The van der Waals surface area contributed by atoms with E-state index in [1.54, 1.807) is 0 Å². The van der Waals surface area contributed by atoms with E-state index in [-0.39, 0.29) is 22.2 Å². The minimum Gasteiger partial charge on any atom is -0.303 e. The Morgan fingerprint density at radius 3 is 1.94 bits per heavy atom. The van der Waals surface area contributed by atoms with E-state index in [1.807, 2.05) is 0 Å². The lowest BCUT2D eigenvalue weighted by molar-refractivity contribution is -0.253. The third kappa shape index (κ3) is 2.65. The Morgan fingerprint density at radius 1 is 0.719 bits per heavy atom. The van der Waals surface area contributed by atoms with Crippen LogP contribution in [0.2, 0.25) is 0 Å². The number of carbonyl (C=O) groups is 2. The predicted molar refractivity (Wildman–Crippen MR) is 130 cm³/mol. The second kappa shape index (κ2) is 6.72. The maximum atomic E-state index is 12.7. The molecule has 32 heavy (non-hydrogen) atoms. The molecule has 0 aromatic heterocycles. The molecule has 0 heterocycles. The number of hydrogen-bond donors (Lipinski definition) is 0. The maximum absolute atomic E-state index is 12.7. The van der Waals surface area contributed by atoms with E-state index in [0.29, 0.717) is 39.8 Å². The normalized spacial score (nSPS) is 56.9. The van der Waals surface area contributed by atoms with Crippen LogP contribution in [0.15, 0.2) is 0 Å². The molecule has 0 amide bonds. The first kappa shape index (κ1) is 23.1. The van der Waals surface area contributed by atoms with E-state index < -0.39 is 0 Å². The summed E-state index contributed by atoms with van der Waals surface area (Å²) >= 11 is 0. The summed E-state index contributed by atoms with van der Waals surface area (Å²) in [4.78, 5) is 25.4. The van der Waals surface area contributed by atoms with Crippen LogP contribution in [0, 0.1) is 56.2 Å². The first-order valence-electron chi connectivity index (χ1n) is 13.8. The van der Waals surface area contributed by atoms with Crippen LogP contribution in [-0.2, 0) is 9.59 Å². The van der Waals surface area contributed by atoms with Crippen LogP contribution in [0.25, 0.3) is 0 Å². The molecule has 5 aliphatic rings. The van der Waals surface area contributed by atoms with Crippen molar-refractivity contribution in [3.05, 3.63) is 0 Å². The monoisotopic (exact) mass is 440 g/mol. The van der Waals surface area contributed by atoms with E-state index in [4.69, 9.17) is 0 Å². The van der Waals surface area contributed by atoms with Crippen molar-refractivity contribution in [1.82, 2.24) is 0 Å². The molecule has 5 rings (SSSR count). The molecule has 5 aliphatic carbocycles. The SMILES string of the molecule is CC1C(=O)CCC2C1(C)CCC1(C)C3CCC4(C=O)CCC(C)(C)CC4C3(C)CCC21C. The molecule has 0 spiro atoms. The minimum atomic E-state index is -0.0696. The summed E-state index contributed by atoms with van der Waals surface area (Å²) in [5.41, 5.74) is 1.36. The lowest BCUT2D eigenvalue weighted by Crippen LogP contribution is -2.68. The van der Waals surface area contributed by atoms with Crippen molar-refractivity contribution in [2.45, 2.75) is 119 Å². The first-order chi connectivity index (χ1) is 14.8. The van der Waals surface area contributed by atoms with Gasteiger partial charge >= 0.3 is 0 Å². The Kier molecular flexibility index (Phi) is 4.85. The summed E-state index contributed by atoms with van der Waals surface area (Å²) in [7, 11) is 0. The lowest BCUT2D eigenvalue weighted by atomic mass is 9.30. The molecule has 0 aliphatic heterocycles. The third-order valence-corrected chi connectivity index (χ3v) is 13.6. The quantitative estimate of drug-likeness (QED) is 0.393. The van der Waals surface area contributed by atoms with Crippen molar-refractivity contribution < 1.29 is 9.59 Å². The number of Topliss-reactive ketones (excluding diaryl/α,β-unsaturated/α-hetero) is 1. The van der Waals surface area contributed by atoms with Crippen molar-refractivity contribution in [3.8, 4) is 0 Å². The summed E-state index contributed by atoms with van der Waals surface area (Å²) < 4.78 is 0. The van der Waals surface area contributed by atoms with Gasteiger partial charge in [-0.25, -0.2) is 0 Å². The van der Waals surface area contributed by atoms with Crippen molar-refractivity contribution in [2.75, 3.05) is 0 Å². The predicted octanol–water partition coefficient (Wildman–Crippen LogP) is 7.64. The van der Waals surface area contributed by atoms with Gasteiger partial charge in [-0.2, -0.15) is 0 Å². The van der Waals surface area contributed by atoms with Crippen molar-refractivity contribution >= 4 is 12.1 Å². The second-order valence-electron chi connectivity index (χ2n) is 15.0. The number of rotatable bonds is 1. The van der Waals surface area contributed by atoms with Crippen LogP contribution < -0.4 is 0 Å². The molecule has 9 atom stereocenters. The number of hydrogen-bond acceptors (Lipinski definition) is 2. The molecule has 5 saturated carbocycles. The van der Waals surface area contributed by atoms with Crippen molar-refractivity contribution in [1.29, 1.82) is 0 Å². The van der Waals surface area contributed by atoms with Gasteiger partial charge in [0.1, 0.15) is 12.1 Å². The van der Waals surface area contributed by atoms with E-state index in [9.17, 15) is 9.59 Å². The fourth-order valence-electron chi connectivity index (χ4n) is 11.1. The Balaban J connectivity index is 1.56. The number of ketones is 1. The van der Waals surface area contributed by atoms with E-state index >= 15 is 0 Å². The zero-order valence-electron chi connectivity index (χ0n) is 22.0. The lowest BCUT2D eigenvalue weighted by Gasteiger charge is -2.74. The van der Waals surface area contributed by atoms with Gasteiger partial charge in [0, 0.05) is 17.8 Å². The summed E-state index contributed by atoms with van der Waals surface area (Å²) in [6.07, 6.45) is 14.2. The highest BCUT2D eigenvalue weighted by atomic mass is 16.1. The first-order valence-corrected chi connectivity index (χ1v) is 13.8. The molecule has 0 N–H and O–H groups in total. The van der Waals surface area contributed by atoms with Crippen LogP contribution >= 0.6 is 0 Å². The average molecular weight is 441 g/mol. The molecule has 5 fully saturated rings. The largest absolute Gasteiger partial charge is 0.303 e. The van der Waals surface area contributed by atoms with Crippen LogP contribution in [-0.4, -0.2) is 12.1 Å². The molecule has 9 unspecified atom stereocenters. The molecule has 0 saturated heterocycles. The molecule has 0 bridgehead atoms. The van der Waals surface area contributed by atoms with Gasteiger partial charge in [0.15, 0.2) is 0 Å². The second-order valence-corrected chi connectivity index (χ2v) is 15.0. The van der Waals surface area contributed by atoms with Gasteiger partial charge in [-0.1, -0.05) is 48.5 Å². The molecule has 0 aromatic rings. The van der Waals surface area contributed by atoms with E-state index in [1.165, 1.54) is 51.2 Å². The topological polar surface area (TPSA) is 34.1 Å². The van der Waals surface area contributed by atoms with E-state index in [2.05, 4.69) is 48.5 Å². The third-order valence-electron chi connectivity index (χ3n) is 13.6. The molecule has 0 aromatic carbocycles.